The highest BCUT2D eigenvalue weighted by molar-refractivity contribution is 5.63. The van der Waals surface area contributed by atoms with E-state index in [2.05, 4.69) is 25.6 Å². The summed E-state index contributed by atoms with van der Waals surface area (Å²) in [4.78, 5) is 13.2. The average Bonchev–Trinajstić information content (AvgIpc) is 3.26. The minimum Gasteiger partial charge on any atom is -0.496 e. The Morgan fingerprint density at radius 1 is 1.36 bits per heavy atom. The number of halogens is 1. The zero-order valence-electron chi connectivity index (χ0n) is 16.0. The zero-order valence-corrected chi connectivity index (χ0v) is 16.0. The molecule has 28 heavy (non-hydrogen) atoms. The molecule has 4 heterocycles. The summed E-state index contributed by atoms with van der Waals surface area (Å²) < 4.78 is 21.1. The molecule has 3 aromatic heterocycles. The molecule has 0 saturated carbocycles. The predicted octanol–water partition coefficient (Wildman–Crippen LogP) is 1.75. The number of methoxy groups -OCH3 is 1. The van der Waals surface area contributed by atoms with Crippen molar-refractivity contribution >= 4 is 11.6 Å². The van der Waals surface area contributed by atoms with Crippen LogP contribution in [-0.2, 0) is 5.60 Å². The first-order valence-corrected chi connectivity index (χ1v) is 9.09. The second-order valence-corrected chi connectivity index (χ2v) is 7.38. The quantitative estimate of drug-likeness (QED) is 0.615. The smallest absolute Gasteiger partial charge is 0.223 e. The van der Waals surface area contributed by atoms with Crippen LogP contribution in [0.3, 0.4) is 0 Å². The second-order valence-electron chi connectivity index (χ2n) is 7.38. The molecule has 1 fully saturated rings. The molecule has 8 nitrogen and oxygen atoms in total. The third-order valence-corrected chi connectivity index (χ3v) is 4.86. The van der Waals surface area contributed by atoms with Crippen molar-refractivity contribution in [3.8, 4) is 17.1 Å². The lowest BCUT2D eigenvalue weighted by Crippen LogP contribution is -2.30. The zero-order chi connectivity index (χ0) is 19.9. The van der Waals surface area contributed by atoms with Gasteiger partial charge in [-0.05, 0) is 19.9 Å². The van der Waals surface area contributed by atoms with Crippen LogP contribution in [0, 0.1) is 0 Å². The average molecular weight is 386 g/mol. The normalized spacial score (nSPS) is 19.9. The van der Waals surface area contributed by atoms with E-state index >= 15 is 0 Å². The Morgan fingerprint density at radius 3 is 2.86 bits per heavy atom. The number of aliphatic hydroxyl groups is 1. The van der Waals surface area contributed by atoms with Gasteiger partial charge in [-0.1, -0.05) is 0 Å². The first kappa shape index (κ1) is 18.6. The van der Waals surface area contributed by atoms with E-state index in [0.29, 0.717) is 41.7 Å². The summed E-state index contributed by atoms with van der Waals surface area (Å²) in [6.45, 7) is 4.25. The van der Waals surface area contributed by atoms with Crippen molar-refractivity contribution in [2.75, 3.05) is 25.5 Å². The maximum absolute atomic E-state index is 13.9. The van der Waals surface area contributed by atoms with Gasteiger partial charge < -0.3 is 20.5 Å². The lowest BCUT2D eigenvalue weighted by atomic mass is 9.99. The number of imidazole rings is 1. The van der Waals surface area contributed by atoms with Crippen LogP contribution in [0.25, 0.3) is 17.0 Å². The van der Waals surface area contributed by atoms with Crippen LogP contribution in [-0.4, -0.2) is 56.9 Å². The number of anilines is 1. The molecule has 3 aromatic rings. The molecular weight excluding hydrogens is 363 g/mol. The van der Waals surface area contributed by atoms with Crippen LogP contribution < -0.4 is 15.4 Å². The van der Waals surface area contributed by atoms with E-state index in [0.717, 1.165) is 5.69 Å². The molecule has 0 spiro atoms. The Balaban J connectivity index is 1.74. The Morgan fingerprint density at radius 2 is 2.18 bits per heavy atom. The van der Waals surface area contributed by atoms with Gasteiger partial charge in [0.1, 0.15) is 17.6 Å². The van der Waals surface area contributed by atoms with E-state index < -0.39 is 11.8 Å². The van der Waals surface area contributed by atoms with Crippen molar-refractivity contribution in [1.29, 1.82) is 0 Å². The molecule has 0 aromatic carbocycles. The maximum atomic E-state index is 13.9. The van der Waals surface area contributed by atoms with E-state index in [9.17, 15) is 9.50 Å². The van der Waals surface area contributed by atoms with E-state index in [1.165, 1.54) is 0 Å². The van der Waals surface area contributed by atoms with Crippen molar-refractivity contribution in [2.45, 2.75) is 31.7 Å². The van der Waals surface area contributed by atoms with Gasteiger partial charge in [0.2, 0.25) is 5.95 Å². The highest BCUT2D eigenvalue weighted by atomic mass is 19.1. The third kappa shape index (κ3) is 3.38. The van der Waals surface area contributed by atoms with Gasteiger partial charge in [-0.3, -0.25) is 4.40 Å². The molecule has 2 atom stereocenters. The summed E-state index contributed by atoms with van der Waals surface area (Å²) in [5.74, 6) is 0.921. The molecule has 4 rings (SSSR count). The highest BCUT2D eigenvalue weighted by Gasteiger charge is 2.27. The van der Waals surface area contributed by atoms with Gasteiger partial charge >= 0.3 is 0 Å². The summed E-state index contributed by atoms with van der Waals surface area (Å²) >= 11 is 0. The van der Waals surface area contributed by atoms with Crippen LogP contribution in [0.1, 0.15) is 19.4 Å². The second kappa shape index (κ2) is 6.99. The molecule has 9 heteroatoms. The number of aromatic nitrogens is 4. The number of alkyl halides is 1. The summed E-state index contributed by atoms with van der Waals surface area (Å²) in [5.41, 5.74) is 1.57. The molecule has 1 aliphatic rings. The van der Waals surface area contributed by atoms with Crippen molar-refractivity contribution in [3.63, 3.8) is 0 Å². The standard InChI is InChI=1S/C19H23FN6O2/c1-19(2,27)11-10-26-15(9-23-17(26)6-16(11)28-3)13-4-5-22-18(24-13)25-14-8-21-7-12(14)20/h4-6,9-10,12,14,21,27H,7-8H2,1-3H3,(H,22,24,25)/t12-,14-/m0/s1. The lowest BCUT2D eigenvalue weighted by Gasteiger charge is -2.21. The molecule has 0 aliphatic carbocycles. The molecule has 1 saturated heterocycles. The topological polar surface area (TPSA) is 96.6 Å². The van der Waals surface area contributed by atoms with Gasteiger partial charge in [0.05, 0.1) is 36.3 Å². The number of pyridine rings is 1. The van der Waals surface area contributed by atoms with Gasteiger partial charge in [0.25, 0.3) is 0 Å². The van der Waals surface area contributed by atoms with Gasteiger partial charge in [-0.25, -0.2) is 19.3 Å². The Hall–Kier alpha value is -2.78. The molecule has 3 N–H and O–H groups in total. The van der Waals surface area contributed by atoms with E-state index in [1.54, 1.807) is 51.7 Å². The van der Waals surface area contributed by atoms with Gasteiger partial charge in [0, 0.05) is 37.1 Å². The summed E-state index contributed by atoms with van der Waals surface area (Å²) in [6.07, 6.45) is 4.14. The monoisotopic (exact) mass is 386 g/mol. The summed E-state index contributed by atoms with van der Waals surface area (Å²) in [7, 11) is 1.56. The molecule has 0 radical (unpaired) electrons. The maximum Gasteiger partial charge on any atom is 0.223 e. The van der Waals surface area contributed by atoms with E-state index in [-0.39, 0.29) is 6.04 Å². The van der Waals surface area contributed by atoms with Crippen molar-refractivity contribution in [1.82, 2.24) is 24.7 Å². The number of fused-ring (bicyclic) bond motifs is 1. The Kier molecular flexibility index (Phi) is 4.64. The summed E-state index contributed by atoms with van der Waals surface area (Å²) in [6, 6.07) is 3.18. The fourth-order valence-corrected chi connectivity index (χ4v) is 3.35. The van der Waals surface area contributed by atoms with Crippen molar-refractivity contribution in [3.05, 3.63) is 36.3 Å². The lowest BCUT2D eigenvalue weighted by molar-refractivity contribution is 0.0752. The molecular formula is C19H23FN6O2. The largest absolute Gasteiger partial charge is 0.496 e. The minimum atomic E-state index is -1.09. The van der Waals surface area contributed by atoms with Gasteiger partial charge in [0.15, 0.2) is 0 Å². The van der Waals surface area contributed by atoms with Crippen molar-refractivity contribution < 1.29 is 14.2 Å². The fraction of sp³-hybridized carbons (Fsp3) is 0.421. The number of nitrogens with zero attached hydrogens (tertiary/aromatic N) is 4. The number of hydrogen-bond donors (Lipinski definition) is 3. The molecule has 1 aliphatic heterocycles. The first-order chi connectivity index (χ1) is 13.4. The fourth-order valence-electron chi connectivity index (χ4n) is 3.35. The Labute approximate surface area is 161 Å². The molecule has 148 valence electrons. The van der Waals surface area contributed by atoms with Crippen LogP contribution in [0.4, 0.5) is 10.3 Å². The third-order valence-electron chi connectivity index (χ3n) is 4.86. The predicted molar refractivity (Wildman–Crippen MR) is 103 cm³/mol. The molecule has 0 unspecified atom stereocenters. The number of ether oxygens (including phenoxy) is 1. The first-order valence-electron chi connectivity index (χ1n) is 9.09. The molecule has 0 bridgehead atoms. The number of nitrogens with one attached hydrogen (secondary N) is 2. The SMILES string of the molecule is COc1cc2ncc(-c3ccnc(N[C@H]4CNC[C@@H]4F)n3)n2cc1C(C)(C)O. The summed E-state index contributed by atoms with van der Waals surface area (Å²) in [5, 5.41) is 16.5. The van der Waals surface area contributed by atoms with Gasteiger partial charge in [-0.2, -0.15) is 0 Å². The Bertz CT molecular complexity index is 1000. The van der Waals surface area contributed by atoms with Crippen LogP contribution in [0.15, 0.2) is 30.7 Å². The number of rotatable bonds is 5. The highest BCUT2D eigenvalue weighted by Crippen LogP contribution is 2.32. The van der Waals surface area contributed by atoms with Crippen molar-refractivity contribution in [2.24, 2.45) is 0 Å². The minimum absolute atomic E-state index is 0.326. The number of hydrogen-bond acceptors (Lipinski definition) is 7. The van der Waals surface area contributed by atoms with Crippen LogP contribution in [0.2, 0.25) is 0 Å². The van der Waals surface area contributed by atoms with Crippen LogP contribution in [0.5, 0.6) is 5.75 Å². The van der Waals surface area contributed by atoms with E-state index in [1.807, 2.05) is 4.40 Å². The molecule has 0 amide bonds. The van der Waals surface area contributed by atoms with Gasteiger partial charge in [-0.15, -0.1) is 0 Å². The van der Waals surface area contributed by atoms with Crippen LogP contribution >= 0.6 is 0 Å². The van der Waals surface area contributed by atoms with E-state index in [4.69, 9.17) is 4.74 Å².